The molecule has 2 aromatic heterocycles. The van der Waals surface area contributed by atoms with Crippen LogP contribution in [0.1, 0.15) is 13.8 Å². The Bertz CT molecular complexity index is 992. The fourth-order valence-electron chi connectivity index (χ4n) is 3.79. The van der Waals surface area contributed by atoms with Crippen molar-refractivity contribution in [2.45, 2.75) is 30.2 Å². The predicted molar refractivity (Wildman–Crippen MR) is 122 cm³/mol. The minimum absolute atomic E-state index is 0.894. The van der Waals surface area contributed by atoms with Crippen LogP contribution in [0.25, 0.3) is 22.2 Å². The molecule has 29 heavy (non-hydrogen) atoms. The van der Waals surface area contributed by atoms with E-state index in [1.165, 1.54) is 26.4 Å². The number of pyridine rings is 1. The maximum absolute atomic E-state index is 5.05. The Morgan fingerprint density at radius 2 is 1.93 bits per heavy atom. The Morgan fingerprint density at radius 1 is 1.10 bits per heavy atom. The second-order valence-corrected chi connectivity index (χ2v) is 8.69. The van der Waals surface area contributed by atoms with Crippen LogP contribution in [0.15, 0.2) is 40.4 Å². The molecule has 1 aliphatic heterocycles. The van der Waals surface area contributed by atoms with Crippen LogP contribution < -0.4 is 5.32 Å². The number of nitrogens with one attached hydrogen (secondary N) is 1. The van der Waals surface area contributed by atoms with Gasteiger partial charge in [-0.3, -0.25) is 9.67 Å². The molecule has 3 aromatic rings. The molecule has 3 heterocycles. The number of hydrogen-bond donors (Lipinski definition) is 1. The highest BCUT2D eigenvalue weighted by atomic mass is 32.2. The topological polar surface area (TPSA) is 49.2 Å². The first kappa shape index (κ1) is 20.2. The number of anilines is 1. The largest absolute Gasteiger partial charge is 0.383 e. The second-order valence-electron chi connectivity index (χ2n) is 7.64. The standard InChI is InChI=1S/C22H30N6S/c1-5-27(6-2)13-14-28-18-8-7-17(24-11-12-26(3)4)22-20(18)21(25-28)16-15-23-10-9-19(16)29-22/h7-10,15,24H,5-6,11-14H2,1-4H3. The van der Waals surface area contributed by atoms with Crippen molar-refractivity contribution in [3.8, 4) is 11.3 Å². The molecule has 0 saturated carbocycles. The number of rotatable bonds is 9. The van der Waals surface area contributed by atoms with Gasteiger partial charge < -0.3 is 15.1 Å². The first-order valence-corrected chi connectivity index (χ1v) is 11.2. The van der Waals surface area contributed by atoms with Crippen molar-refractivity contribution < 1.29 is 0 Å². The molecular weight excluding hydrogens is 380 g/mol. The molecule has 4 rings (SSSR count). The molecule has 1 aliphatic rings. The number of fused-ring (bicyclic) bond motifs is 2. The smallest absolute Gasteiger partial charge is 0.104 e. The summed E-state index contributed by atoms with van der Waals surface area (Å²) in [5.41, 5.74) is 4.60. The van der Waals surface area contributed by atoms with Gasteiger partial charge in [0.15, 0.2) is 0 Å². The summed E-state index contributed by atoms with van der Waals surface area (Å²) in [6, 6.07) is 6.53. The summed E-state index contributed by atoms with van der Waals surface area (Å²) in [7, 11) is 4.20. The van der Waals surface area contributed by atoms with E-state index in [-0.39, 0.29) is 0 Å². The van der Waals surface area contributed by atoms with Gasteiger partial charge >= 0.3 is 0 Å². The monoisotopic (exact) mass is 410 g/mol. The fourth-order valence-corrected chi connectivity index (χ4v) is 4.96. The summed E-state index contributed by atoms with van der Waals surface area (Å²) in [5, 5.41) is 9.94. The van der Waals surface area contributed by atoms with Crippen molar-refractivity contribution in [2.75, 3.05) is 52.1 Å². The van der Waals surface area contributed by atoms with E-state index >= 15 is 0 Å². The van der Waals surface area contributed by atoms with E-state index in [1.807, 2.05) is 24.2 Å². The predicted octanol–water partition coefficient (Wildman–Crippen LogP) is 3.88. The summed E-state index contributed by atoms with van der Waals surface area (Å²) >= 11 is 1.83. The highest BCUT2D eigenvalue weighted by Gasteiger charge is 2.26. The molecule has 0 spiro atoms. The van der Waals surface area contributed by atoms with Gasteiger partial charge in [-0.2, -0.15) is 5.10 Å². The van der Waals surface area contributed by atoms with Gasteiger partial charge in [-0.05, 0) is 45.4 Å². The Kier molecular flexibility index (Phi) is 6.08. The van der Waals surface area contributed by atoms with E-state index in [1.54, 1.807) is 0 Å². The Labute approximate surface area is 177 Å². The van der Waals surface area contributed by atoms with Crippen LogP contribution >= 0.6 is 11.8 Å². The maximum Gasteiger partial charge on any atom is 0.104 e. The van der Waals surface area contributed by atoms with E-state index in [0.717, 1.165) is 50.5 Å². The maximum atomic E-state index is 5.05. The lowest BCUT2D eigenvalue weighted by Crippen LogP contribution is -2.27. The van der Waals surface area contributed by atoms with Crippen LogP contribution in [0.4, 0.5) is 5.69 Å². The summed E-state index contributed by atoms with van der Waals surface area (Å²) < 4.78 is 2.18. The molecule has 0 unspecified atom stereocenters. The first-order chi connectivity index (χ1) is 14.1. The average Bonchev–Trinajstić information content (AvgIpc) is 3.10. The minimum Gasteiger partial charge on any atom is -0.383 e. The summed E-state index contributed by atoms with van der Waals surface area (Å²) in [6.45, 7) is 10.4. The van der Waals surface area contributed by atoms with E-state index in [2.05, 4.69) is 70.9 Å². The van der Waals surface area contributed by atoms with Gasteiger partial charge in [0.2, 0.25) is 0 Å². The molecule has 0 bridgehead atoms. The number of benzene rings is 1. The lowest BCUT2D eigenvalue weighted by Gasteiger charge is -2.19. The third-order valence-corrected chi connectivity index (χ3v) is 6.72. The molecule has 0 amide bonds. The molecule has 0 atom stereocenters. The molecule has 0 aliphatic carbocycles. The average molecular weight is 411 g/mol. The molecule has 1 N–H and O–H groups in total. The van der Waals surface area contributed by atoms with E-state index in [0.29, 0.717) is 0 Å². The number of aromatic nitrogens is 3. The molecule has 0 saturated heterocycles. The zero-order chi connectivity index (χ0) is 20.4. The van der Waals surface area contributed by atoms with Crippen molar-refractivity contribution >= 4 is 28.4 Å². The second kappa shape index (κ2) is 8.73. The van der Waals surface area contributed by atoms with Gasteiger partial charge in [0.05, 0.1) is 12.1 Å². The zero-order valence-corrected chi connectivity index (χ0v) is 18.6. The van der Waals surface area contributed by atoms with Crippen LogP contribution in [0.3, 0.4) is 0 Å². The Hall–Kier alpha value is -2.09. The normalized spacial score (nSPS) is 12.8. The fraction of sp³-hybridized carbons (Fsp3) is 0.455. The molecular formula is C22H30N6S. The van der Waals surface area contributed by atoms with Crippen LogP contribution in [0, 0.1) is 0 Å². The lowest BCUT2D eigenvalue weighted by molar-refractivity contribution is 0.287. The van der Waals surface area contributed by atoms with E-state index in [9.17, 15) is 0 Å². The van der Waals surface area contributed by atoms with Crippen LogP contribution in [0.5, 0.6) is 0 Å². The highest BCUT2D eigenvalue weighted by molar-refractivity contribution is 8.00. The number of hydrogen-bond acceptors (Lipinski definition) is 6. The third kappa shape index (κ3) is 3.99. The molecule has 154 valence electrons. The van der Waals surface area contributed by atoms with Crippen molar-refractivity contribution in [2.24, 2.45) is 0 Å². The van der Waals surface area contributed by atoms with Gasteiger partial charge in [0.1, 0.15) is 5.69 Å². The first-order valence-electron chi connectivity index (χ1n) is 10.4. The molecule has 6 nitrogen and oxygen atoms in total. The van der Waals surface area contributed by atoms with Crippen molar-refractivity contribution in [1.29, 1.82) is 0 Å². The van der Waals surface area contributed by atoms with E-state index < -0.39 is 0 Å². The lowest BCUT2D eigenvalue weighted by atomic mass is 10.1. The molecule has 7 heteroatoms. The third-order valence-electron chi connectivity index (χ3n) is 5.52. The number of nitrogens with zero attached hydrogens (tertiary/aromatic N) is 5. The van der Waals surface area contributed by atoms with Gasteiger partial charge in [-0.1, -0.05) is 25.6 Å². The zero-order valence-electron chi connectivity index (χ0n) is 17.8. The van der Waals surface area contributed by atoms with Gasteiger partial charge in [0, 0.05) is 58.5 Å². The Morgan fingerprint density at radius 3 is 2.69 bits per heavy atom. The summed E-state index contributed by atoms with van der Waals surface area (Å²) in [5.74, 6) is 0. The van der Waals surface area contributed by atoms with Gasteiger partial charge in [0.25, 0.3) is 0 Å². The van der Waals surface area contributed by atoms with Gasteiger partial charge in [-0.25, -0.2) is 0 Å². The van der Waals surface area contributed by atoms with Crippen LogP contribution in [-0.2, 0) is 6.54 Å². The molecule has 0 fully saturated rings. The number of likely N-dealkylation sites (N-methyl/N-ethyl adjacent to an activating group) is 2. The van der Waals surface area contributed by atoms with Crippen molar-refractivity contribution in [3.05, 3.63) is 30.6 Å². The quantitative estimate of drug-likeness (QED) is 0.452. The molecule has 0 radical (unpaired) electrons. The van der Waals surface area contributed by atoms with Gasteiger partial charge in [-0.15, -0.1) is 0 Å². The van der Waals surface area contributed by atoms with Crippen molar-refractivity contribution in [3.63, 3.8) is 0 Å². The Balaban J connectivity index is 1.75. The van der Waals surface area contributed by atoms with Crippen LogP contribution in [-0.4, -0.2) is 71.4 Å². The van der Waals surface area contributed by atoms with Crippen LogP contribution in [0.2, 0.25) is 0 Å². The van der Waals surface area contributed by atoms with E-state index in [4.69, 9.17) is 5.10 Å². The summed E-state index contributed by atoms with van der Waals surface area (Å²) in [4.78, 5) is 11.5. The SMILES string of the molecule is CCN(CC)CCn1nc2c3c(c(NCCN(C)C)ccc31)Sc1ccncc1-2. The summed E-state index contributed by atoms with van der Waals surface area (Å²) in [6.07, 6.45) is 3.82. The highest BCUT2D eigenvalue weighted by Crippen LogP contribution is 2.50. The minimum atomic E-state index is 0.894. The molecule has 1 aromatic carbocycles. The van der Waals surface area contributed by atoms with Crippen molar-refractivity contribution in [1.82, 2.24) is 24.6 Å².